The summed E-state index contributed by atoms with van der Waals surface area (Å²) in [5, 5.41) is 9.23. The molecule has 0 fully saturated rings. The Labute approximate surface area is 226 Å². The van der Waals surface area contributed by atoms with Crippen LogP contribution in [0, 0.1) is 0 Å². The number of hydrogen-bond donors (Lipinski definition) is 2. The number of aliphatic hydroxyl groups is 1. The second-order valence-electron chi connectivity index (χ2n) is 10.2. The average molecular weight is 556 g/mol. The van der Waals surface area contributed by atoms with Crippen LogP contribution in [0.3, 0.4) is 0 Å². The van der Waals surface area contributed by atoms with Gasteiger partial charge >= 0.3 is 0 Å². The number of aliphatic hydroxyl groups excluding tert-OH is 1. The number of rotatable bonds is 27. The zero-order chi connectivity index (χ0) is 24.5. The molecule has 0 aliphatic heterocycles. The third-order valence-corrected chi connectivity index (χ3v) is 7.82. The van der Waals surface area contributed by atoms with Crippen LogP contribution in [0.4, 0.5) is 0 Å². The van der Waals surface area contributed by atoms with E-state index < -0.39 is 15.6 Å². The zero-order valence-corrected chi connectivity index (χ0v) is 26.6. The molecular formula is C28H58O4SZn. The van der Waals surface area contributed by atoms with E-state index in [9.17, 15) is 13.5 Å². The number of hydrogen-bond acceptors (Lipinski definition) is 3. The van der Waals surface area contributed by atoms with Crippen molar-refractivity contribution in [3.05, 3.63) is 0 Å². The second-order valence-corrected chi connectivity index (χ2v) is 11.8. The van der Waals surface area contributed by atoms with Gasteiger partial charge in [0.15, 0.2) is 5.44 Å². The van der Waals surface area contributed by atoms with Crippen molar-refractivity contribution >= 4 is 10.1 Å². The van der Waals surface area contributed by atoms with Crippen LogP contribution in [0.2, 0.25) is 0 Å². The first-order valence-electron chi connectivity index (χ1n) is 14.6. The summed E-state index contributed by atoms with van der Waals surface area (Å²) in [5.74, 6) is 0. The molecule has 202 valence electrons. The van der Waals surface area contributed by atoms with Crippen molar-refractivity contribution in [3.63, 3.8) is 0 Å². The Hall–Kier alpha value is 0.493. The molecule has 1 unspecified atom stereocenters. The summed E-state index contributed by atoms with van der Waals surface area (Å²) >= 11 is 0. The summed E-state index contributed by atoms with van der Waals surface area (Å²) in [4.78, 5) is 0. The Kier molecular flexibility index (Phi) is 30.3. The van der Waals surface area contributed by atoms with Crippen molar-refractivity contribution in [2.45, 2.75) is 179 Å². The van der Waals surface area contributed by atoms with Crippen LogP contribution in [0.5, 0.6) is 0 Å². The zero-order valence-electron chi connectivity index (χ0n) is 22.8. The Morgan fingerprint density at radius 3 is 0.882 bits per heavy atom. The first kappa shape index (κ1) is 36.6. The van der Waals surface area contributed by atoms with Gasteiger partial charge in [-0.1, -0.05) is 161 Å². The predicted octanol–water partition coefficient (Wildman–Crippen LogP) is 9.35. The largest absolute Gasteiger partial charge is 0.375 e. The van der Waals surface area contributed by atoms with E-state index in [4.69, 9.17) is 4.55 Å². The molecule has 0 saturated heterocycles. The molecule has 0 rings (SSSR count). The van der Waals surface area contributed by atoms with Gasteiger partial charge in [-0.3, -0.25) is 4.55 Å². The van der Waals surface area contributed by atoms with Crippen LogP contribution in [0.15, 0.2) is 0 Å². The van der Waals surface area contributed by atoms with Crippen molar-refractivity contribution in [2.24, 2.45) is 0 Å². The summed E-state index contributed by atoms with van der Waals surface area (Å²) in [6.45, 7) is 2.29. The van der Waals surface area contributed by atoms with Crippen LogP contribution in [-0.4, -0.2) is 23.5 Å². The fourth-order valence-corrected chi connectivity index (χ4v) is 5.07. The summed E-state index contributed by atoms with van der Waals surface area (Å²) < 4.78 is 30.1. The quantitative estimate of drug-likeness (QED) is 0.0601. The molecule has 0 aromatic carbocycles. The fraction of sp³-hybridized carbons (Fsp3) is 1.00. The van der Waals surface area contributed by atoms with Crippen molar-refractivity contribution in [3.8, 4) is 0 Å². The molecule has 0 amide bonds. The molecule has 34 heavy (non-hydrogen) atoms. The van der Waals surface area contributed by atoms with E-state index in [0.717, 1.165) is 12.8 Å². The minimum atomic E-state index is -4.28. The SMILES string of the molecule is CCCCCCCCCCCCCCCCCCCCCCCCCCCC(O)S(=O)(=O)O.[Zn]. The van der Waals surface area contributed by atoms with Crippen LogP contribution in [0.25, 0.3) is 0 Å². The molecule has 0 aromatic rings. The molecule has 0 radical (unpaired) electrons. The van der Waals surface area contributed by atoms with E-state index in [0.29, 0.717) is 6.42 Å². The molecule has 0 aliphatic rings. The molecule has 0 bridgehead atoms. The normalized spacial score (nSPS) is 12.6. The maximum Gasteiger partial charge on any atom is 0.291 e. The molecule has 6 heteroatoms. The maximum atomic E-state index is 10.7. The average Bonchev–Trinajstić information content (AvgIpc) is 2.78. The Morgan fingerprint density at radius 1 is 0.471 bits per heavy atom. The smallest absolute Gasteiger partial charge is 0.291 e. The van der Waals surface area contributed by atoms with Crippen molar-refractivity contribution in [1.29, 1.82) is 0 Å². The van der Waals surface area contributed by atoms with Crippen LogP contribution >= 0.6 is 0 Å². The van der Waals surface area contributed by atoms with Crippen LogP contribution in [0.1, 0.15) is 174 Å². The second kappa shape index (κ2) is 28.1. The standard InChI is InChI=1S/C28H58O4S.Zn/c1-2-3-4-5-6-7-8-9-10-11-12-13-14-15-16-17-18-19-20-21-22-23-24-25-26-27-28(29)33(30,31)32;/h28-29H,2-27H2,1H3,(H,30,31,32);. The van der Waals surface area contributed by atoms with E-state index in [2.05, 4.69) is 6.92 Å². The Balaban J connectivity index is 0. The monoisotopic (exact) mass is 554 g/mol. The van der Waals surface area contributed by atoms with Gasteiger partial charge in [-0.15, -0.1) is 0 Å². The molecule has 4 nitrogen and oxygen atoms in total. The molecular weight excluding hydrogens is 498 g/mol. The van der Waals surface area contributed by atoms with Gasteiger partial charge in [-0.2, -0.15) is 8.42 Å². The molecule has 0 heterocycles. The van der Waals surface area contributed by atoms with Gasteiger partial charge in [0.05, 0.1) is 0 Å². The van der Waals surface area contributed by atoms with Gasteiger partial charge in [0.1, 0.15) is 0 Å². The third-order valence-electron chi connectivity index (χ3n) is 6.90. The Morgan fingerprint density at radius 2 is 0.676 bits per heavy atom. The summed E-state index contributed by atoms with van der Waals surface area (Å²) in [7, 11) is -4.28. The fourth-order valence-electron chi connectivity index (χ4n) is 4.61. The van der Waals surface area contributed by atoms with Gasteiger partial charge in [0.2, 0.25) is 0 Å². The maximum absolute atomic E-state index is 10.7. The third kappa shape index (κ3) is 28.7. The minimum absolute atomic E-state index is 0. The van der Waals surface area contributed by atoms with Crippen LogP contribution < -0.4 is 0 Å². The van der Waals surface area contributed by atoms with Gasteiger partial charge in [0.25, 0.3) is 10.1 Å². The van der Waals surface area contributed by atoms with E-state index >= 15 is 0 Å². The summed E-state index contributed by atoms with van der Waals surface area (Å²) in [5.41, 5.74) is -1.61. The van der Waals surface area contributed by atoms with Gasteiger partial charge < -0.3 is 5.11 Å². The van der Waals surface area contributed by atoms with Crippen molar-refractivity contribution in [2.75, 3.05) is 0 Å². The van der Waals surface area contributed by atoms with Gasteiger partial charge in [-0.05, 0) is 12.8 Å². The Bertz CT molecular complexity index is 485. The first-order valence-corrected chi connectivity index (χ1v) is 16.1. The van der Waals surface area contributed by atoms with E-state index in [-0.39, 0.29) is 25.9 Å². The van der Waals surface area contributed by atoms with Gasteiger partial charge in [-0.25, -0.2) is 0 Å². The van der Waals surface area contributed by atoms with Crippen LogP contribution in [-0.2, 0) is 29.6 Å². The van der Waals surface area contributed by atoms with Gasteiger partial charge in [0, 0.05) is 19.5 Å². The summed E-state index contributed by atoms with van der Waals surface area (Å²) in [6, 6.07) is 0. The van der Waals surface area contributed by atoms with Crippen molar-refractivity contribution < 1.29 is 37.6 Å². The number of unbranched alkanes of at least 4 members (excludes halogenated alkanes) is 24. The topological polar surface area (TPSA) is 74.6 Å². The molecule has 1 atom stereocenters. The summed E-state index contributed by atoms with van der Waals surface area (Å²) in [6.07, 6.45) is 33.5. The van der Waals surface area contributed by atoms with E-state index in [1.807, 2.05) is 0 Å². The molecule has 0 saturated carbocycles. The van der Waals surface area contributed by atoms with Crippen molar-refractivity contribution in [1.82, 2.24) is 0 Å². The first-order chi connectivity index (χ1) is 16.0. The minimum Gasteiger partial charge on any atom is -0.375 e. The predicted molar refractivity (Wildman–Crippen MR) is 143 cm³/mol. The molecule has 2 N–H and O–H groups in total. The van der Waals surface area contributed by atoms with E-state index in [1.54, 1.807) is 0 Å². The van der Waals surface area contributed by atoms with E-state index in [1.165, 1.54) is 141 Å². The molecule has 0 spiro atoms. The molecule has 0 aromatic heterocycles. The molecule has 0 aliphatic carbocycles.